The summed E-state index contributed by atoms with van der Waals surface area (Å²) in [5.74, 6) is 3.83. The Labute approximate surface area is 110 Å². The van der Waals surface area contributed by atoms with Gasteiger partial charge in [-0.2, -0.15) is 0 Å². The van der Waals surface area contributed by atoms with E-state index in [-0.39, 0.29) is 0 Å². The summed E-state index contributed by atoms with van der Waals surface area (Å²) in [6.07, 6.45) is 9.79. The first-order valence-corrected chi connectivity index (χ1v) is 6.71. The molecule has 0 amide bonds. The van der Waals surface area contributed by atoms with Gasteiger partial charge in [0.05, 0.1) is 0 Å². The molecule has 0 aromatic heterocycles. The number of terminal acetylenes is 1. The molecule has 0 bridgehead atoms. The molecule has 18 heavy (non-hydrogen) atoms. The van der Waals surface area contributed by atoms with Gasteiger partial charge in [-0.15, -0.1) is 12.3 Å². The minimum atomic E-state index is 0.350. The predicted octanol–water partition coefficient (Wildman–Crippen LogP) is 2.67. The summed E-state index contributed by atoms with van der Waals surface area (Å²) >= 11 is 0. The molecule has 1 aliphatic heterocycles. The lowest BCUT2D eigenvalue weighted by Gasteiger charge is -2.31. The van der Waals surface area contributed by atoms with Crippen LogP contribution >= 0.6 is 0 Å². The molecule has 0 saturated carbocycles. The Kier molecular flexibility index (Phi) is 4.66. The Morgan fingerprint density at radius 1 is 1.22 bits per heavy atom. The number of nitrogens with zero attached hydrogens (tertiary/aromatic N) is 1. The number of hydrogen-bond donors (Lipinski definition) is 1. The predicted molar refractivity (Wildman–Crippen MR) is 74.4 cm³/mol. The van der Waals surface area contributed by atoms with Gasteiger partial charge in [-0.3, -0.25) is 0 Å². The molecule has 96 valence electrons. The molecule has 0 spiro atoms. The van der Waals surface area contributed by atoms with Crippen LogP contribution in [0.2, 0.25) is 0 Å². The van der Waals surface area contributed by atoms with E-state index in [9.17, 15) is 5.11 Å². The molecule has 0 radical (unpaired) electrons. The second-order valence-electron chi connectivity index (χ2n) is 5.11. The van der Waals surface area contributed by atoms with Crippen LogP contribution in [0.25, 0.3) is 0 Å². The summed E-state index contributed by atoms with van der Waals surface area (Å²) in [5.41, 5.74) is 1.33. The topological polar surface area (TPSA) is 23.5 Å². The van der Waals surface area contributed by atoms with Gasteiger partial charge in [0.15, 0.2) is 0 Å². The van der Waals surface area contributed by atoms with Gasteiger partial charge >= 0.3 is 0 Å². The zero-order valence-electron chi connectivity index (χ0n) is 10.8. The first-order chi connectivity index (χ1) is 8.78. The maximum absolute atomic E-state index is 9.26. The van der Waals surface area contributed by atoms with E-state index in [0.717, 1.165) is 25.3 Å². The van der Waals surface area contributed by atoms with Crippen molar-refractivity contribution in [1.82, 2.24) is 4.90 Å². The minimum Gasteiger partial charge on any atom is -0.508 e. The van der Waals surface area contributed by atoms with Crippen molar-refractivity contribution in [3.05, 3.63) is 29.8 Å². The molecule has 1 heterocycles. The maximum atomic E-state index is 9.26. The molecular formula is C16H21NO. The molecule has 1 aromatic rings. The average molecular weight is 243 g/mol. The number of phenolic OH excluding ortho intramolecular Hbond substituents is 1. The van der Waals surface area contributed by atoms with Crippen LogP contribution in [0.5, 0.6) is 5.75 Å². The van der Waals surface area contributed by atoms with Gasteiger partial charge in [0.25, 0.3) is 0 Å². The number of piperidine rings is 1. The standard InChI is InChI=1S/C16H21NO/c1-2-3-10-17-11-8-15(9-12-17)13-14-4-6-16(18)7-5-14/h1,4-7,15,18H,3,8-13H2. The minimum absolute atomic E-state index is 0.350. The van der Waals surface area contributed by atoms with E-state index in [2.05, 4.69) is 10.8 Å². The lowest BCUT2D eigenvalue weighted by atomic mass is 9.90. The molecule has 0 atom stereocenters. The largest absolute Gasteiger partial charge is 0.508 e. The van der Waals surface area contributed by atoms with Crippen molar-refractivity contribution in [3.8, 4) is 18.1 Å². The third-order valence-electron chi connectivity index (χ3n) is 3.74. The van der Waals surface area contributed by atoms with Gasteiger partial charge in [-0.25, -0.2) is 0 Å². The van der Waals surface area contributed by atoms with Crippen LogP contribution in [-0.2, 0) is 6.42 Å². The SMILES string of the molecule is C#CCCN1CCC(Cc2ccc(O)cc2)CC1. The summed E-state index contributed by atoms with van der Waals surface area (Å²) in [7, 11) is 0. The van der Waals surface area contributed by atoms with Crippen molar-refractivity contribution in [3.63, 3.8) is 0 Å². The van der Waals surface area contributed by atoms with Gasteiger partial charge in [-0.05, 0) is 56.0 Å². The fourth-order valence-corrected chi connectivity index (χ4v) is 2.60. The second kappa shape index (κ2) is 6.47. The van der Waals surface area contributed by atoms with Gasteiger partial charge in [0.2, 0.25) is 0 Å². The van der Waals surface area contributed by atoms with Crippen LogP contribution in [0.3, 0.4) is 0 Å². The Hall–Kier alpha value is -1.46. The lowest BCUT2D eigenvalue weighted by Crippen LogP contribution is -2.34. The molecule has 1 aliphatic rings. The van der Waals surface area contributed by atoms with Gasteiger partial charge in [-0.1, -0.05) is 12.1 Å². The number of hydrogen-bond acceptors (Lipinski definition) is 2. The number of aromatic hydroxyl groups is 1. The summed E-state index contributed by atoms with van der Waals surface area (Å²) < 4.78 is 0. The van der Waals surface area contributed by atoms with Crippen LogP contribution in [-0.4, -0.2) is 29.6 Å². The van der Waals surface area contributed by atoms with Crippen molar-refractivity contribution in [2.24, 2.45) is 5.92 Å². The van der Waals surface area contributed by atoms with Gasteiger partial charge in [0.1, 0.15) is 5.75 Å². The summed E-state index contributed by atoms with van der Waals surface area (Å²) in [4.78, 5) is 2.47. The third-order valence-corrected chi connectivity index (χ3v) is 3.74. The third kappa shape index (κ3) is 3.78. The summed E-state index contributed by atoms with van der Waals surface area (Å²) in [6, 6.07) is 7.61. The molecule has 1 fully saturated rings. The quantitative estimate of drug-likeness (QED) is 0.822. The summed E-state index contributed by atoms with van der Waals surface area (Å²) in [5, 5.41) is 9.26. The molecule has 2 nitrogen and oxygen atoms in total. The van der Waals surface area contributed by atoms with Crippen LogP contribution in [0.4, 0.5) is 0 Å². The van der Waals surface area contributed by atoms with E-state index >= 15 is 0 Å². The van der Waals surface area contributed by atoms with Crippen LogP contribution in [0, 0.1) is 18.3 Å². The Balaban J connectivity index is 1.76. The van der Waals surface area contributed by atoms with Crippen molar-refractivity contribution in [2.75, 3.05) is 19.6 Å². The van der Waals surface area contributed by atoms with Gasteiger partial charge < -0.3 is 10.0 Å². The van der Waals surface area contributed by atoms with E-state index in [1.165, 1.54) is 31.5 Å². The highest BCUT2D eigenvalue weighted by molar-refractivity contribution is 5.26. The fourth-order valence-electron chi connectivity index (χ4n) is 2.60. The van der Waals surface area contributed by atoms with Crippen LogP contribution in [0.1, 0.15) is 24.8 Å². The van der Waals surface area contributed by atoms with Crippen LogP contribution in [0.15, 0.2) is 24.3 Å². The fraction of sp³-hybridized carbons (Fsp3) is 0.500. The molecule has 2 rings (SSSR count). The van der Waals surface area contributed by atoms with E-state index in [1.54, 1.807) is 12.1 Å². The molecule has 1 N–H and O–H groups in total. The van der Waals surface area contributed by atoms with E-state index in [1.807, 2.05) is 12.1 Å². The van der Waals surface area contributed by atoms with Crippen molar-refractivity contribution in [1.29, 1.82) is 0 Å². The first-order valence-electron chi connectivity index (χ1n) is 6.71. The Morgan fingerprint density at radius 2 is 1.89 bits per heavy atom. The zero-order valence-corrected chi connectivity index (χ0v) is 10.8. The smallest absolute Gasteiger partial charge is 0.115 e. The lowest BCUT2D eigenvalue weighted by molar-refractivity contribution is 0.187. The number of likely N-dealkylation sites (tertiary alicyclic amines) is 1. The normalized spacial score (nSPS) is 17.5. The van der Waals surface area contributed by atoms with Crippen LogP contribution < -0.4 is 0 Å². The molecule has 2 heteroatoms. The molecular weight excluding hydrogens is 222 g/mol. The monoisotopic (exact) mass is 243 g/mol. The molecule has 0 unspecified atom stereocenters. The maximum Gasteiger partial charge on any atom is 0.115 e. The van der Waals surface area contributed by atoms with Crippen molar-refractivity contribution >= 4 is 0 Å². The van der Waals surface area contributed by atoms with Crippen molar-refractivity contribution < 1.29 is 5.11 Å². The zero-order chi connectivity index (χ0) is 12.8. The molecule has 1 saturated heterocycles. The highest BCUT2D eigenvalue weighted by Gasteiger charge is 2.18. The number of benzene rings is 1. The first kappa shape index (κ1) is 13.0. The molecule has 0 aliphatic carbocycles. The molecule has 1 aromatic carbocycles. The Bertz CT molecular complexity index is 396. The van der Waals surface area contributed by atoms with Gasteiger partial charge in [0, 0.05) is 13.0 Å². The van der Waals surface area contributed by atoms with Crippen molar-refractivity contribution in [2.45, 2.75) is 25.7 Å². The highest BCUT2D eigenvalue weighted by atomic mass is 16.3. The Morgan fingerprint density at radius 3 is 2.50 bits per heavy atom. The van der Waals surface area contributed by atoms with E-state index < -0.39 is 0 Å². The van der Waals surface area contributed by atoms with E-state index in [4.69, 9.17) is 6.42 Å². The average Bonchev–Trinajstić information content (AvgIpc) is 2.41. The van der Waals surface area contributed by atoms with E-state index in [0.29, 0.717) is 5.75 Å². The number of rotatable bonds is 4. The second-order valence-corrected chi connectivity index (χ2v) is 5.11. The highest BCUT2D eigenvalue weighted by Crippen LogP contribution is 2.22. The number of phenols is 1. The summed E-state index contributed by atoms with van der Waals surface area (Å²) in [6.45, 7) is 3.39.